The Balaban J connectivity index is 0.000000280. The minimum atomic E-state index is -3.46. The van der Waals surface area contributed by atoms with Crippen molar-refractivity contribution in [1.82, 2.24) is 9.80 Å². The molecule has 2 saturated heterocycles. The van der Waals surface area contributed by atoms with E-state index in [2.05, 4.69) is 0 Å². The number of hydrogen-bond acceptors (Lipinski definition) is 6. The first-order valence-corrected chi connectivity index (χ1v) is 12.8. The molecule has 2 aliphatic rings. The predicted octanol–water partition coefficient (Wildman–Crippen LogP) is -0.648. The second kappa shape index (κ2) is 10.5. The highest BCUT2D eigenvalue weighted by molar-refractivity contribution is 7.89. The maximum absolute atomic E-state index is 11.4. The molecular weight excluding hydrogens is 408 g/mol. The van der Waals surface area contributed by atoms with Crippen LogP contribution >= 0.6 is 0 Å². The Bertz CT molecular complexity index is 689. The first kappa shape index (κ1) is 24.8. The van der Waals surface area contributed by atoms with Gasteiger partial charge >= 0.3 is 0 Å². The van der Waals surface area contributed by atoms with E-state index < -0.39 is 20.0 Å². The van der Waals surface area contributed by atoms with Crippen molar-refractivity contribution in [2.45, 2.75) is 64.5 Å². The highest BCUT2D eigenvalue weighted by atomic mass is 32.2. The topological polar surface area (TPSA) is 161 Å². The smallest absolute Gasteiger partial charge is 0.222 e. The number of likely N-dealkylation sites (tertiary alicyclic amines) is 2. The molecule has 2 atom stereocenters. The van der Waals surface area contributed by atoms with E-state index in [1.54, 1.807) is 9.80 Å². The van der Waals surface area contributed by atoms with E-state index in [0.29, 0.717) is 12.8 Å². The number of nitrogens with two attached hydrogens (primary N) is 2. The van der Waals surface area contributed by atoms with Crippen LogP contribution < -0.4 is 10.3 Å². The lowest BCUT2D eigenvalue weighted by Gasteiger charge is -2.33. The van der Waals surface area contributed by atoms with E-state index >= 15 is 0 Å². The van der Waals surface area contributed by atoms with Crippen LogP contribution in [0.3, 0.4) is 0 Å². The molecule has 0 aliphatic carbocycles. The number of hydrogen-bond donors (Lipinski definition) is 2. The molecule has 2 aliphatic heterocycles. The Morgan fingerprint density at radius 3 is 1.36 bits per heavy atom. The summed E-state index contributed by atoms with van der Waals surface area (Å²) in [7, 11) is -6.93. The van der Waals surface area contributed by atoms with E-state index in [4.69, 9.17) is 10.3 Å². The molecule has 4 N–H and O–H groups in total. The minimum Gasteiger partial charge on any atom is -0.339 e. The van der Waals surface area contributed by atoms with E-state index in [1.807, 2.05) is 13.8 Å². The van der Waals surface area contributed by atoms with Crippen LogP contribution in [0.2, 0.25) is 0 Å². The lowest BCUT2D eigenvalue weighted by atomic mass is 10.0. The quantitative estimate of drug-likeness (QED) is 0.558. The van der Waals surface area contributed by atoms with Crippen molar-refractivity contribution < 1.29 is 26.4 Å². The molecule has 28 heavy (non-hydrogen) atoms. The van der Waals surface area contributed by atoms with Gasteiger partial charge in [0.25, 0.3) is 0 Å². The summed E-state index contributed by atoms with van der Waals surface area (Å²) in [5, 5.41) is 9.76. The Morgan fingerprint density at radius 1 is 0.786 bits per heavy atom. The Morgan fingerprint density at radius 2 is 1.11 bits per heavy atom. The van der Waals surface area contributed by atoms with Crippen molar-refractivity contribution in [1.29, 1.82) is 0 Å². The molecule has 0 spiro atoms. The van der Waals surface area contributed by atoms with Crippen LogP contribution in [0.4, 0.5) is 0 Å². The molecule has 2 fully saturated rings. The van der Waals surface area contributed by atoms with E-state index in [0.717, 1.165) is 25.7 Å². The van der Waals surface area contributed by atoms with Gasteiger partial charge in [0.2, 0.25) is 31.9 Å². The number of amides is 2. The first-order valence-electron chi connectivity index (χ1n) is 9.40. The maximum Gasteiger partial charge on any atom is 0.222 e. The van der Waals surface area contributed by atoms with Crippen molar-refractivity contribution >= 4 is 31.9 Å². The SMILES string of the molecule is C[C@@H]1CCCC(=O)N1CCS(N)(=O)=O.C[C@H]1CCCC(=O)N1CCS(N)(=O)=O. The van der Waals surface area contributed by atoms with Gasteiger partial charge in [0, 0.05) is 38.0 Å². The molecular formula is C16H32N4O6S2. The molecule has 0 aromatic heterocycles. The van der Waals surface area contributed by atoms with Crippen LogP contribution in [0.1, 0.15) is 52.4 Å². The number of nitrogens with zero attached hydrogens (tertiary/aromatic N) is 2. The summed E-state index contributed by atoms with van der Waals surface area (Å²) in [5.74, 6) is -0.230. The first-order chi connectivity index (χ1) is 12.8. The summed E-state index contributed by atoms with van der Waals surface area (Å²) in [4.78, 5) is 26.0. The molecule has 10 nitrogen and oxygen atoms in total. The third-order valence-corrected chi connectivity index (χ3v) is 6.47. The maximum atomic E-state index is 11.4. The number of carbonyl (C=O) groups is 2. The summed E-state index contributed by atoms with van der Waals surface area (Å²) in [6.45, 7) is 4.30. The fourth-order valence-corrected chi connectivity index (χ4v) is 4.23. The summed E-state index contributed by atoms with van der Waals surface area (Å²) >= 11 is 0. The van der Waals surface area contributed by atoms with Gasteiger partial charge in [-0.1, -0.05) is 0 Å². The van der Waals surface area contributed by atoms with Gasteiger partial charge in [0.15, 0.2) is 0 Å². The lowest BCUT2D eigenvalue weighted by molar-refractivity contribution is -0.136. The summed E-state index contributed by atoms with van der Waals surface area (Å²) in [6, 6.07) is 0.274. The van der Waals surface area contributed by atoms with Crippen molar-refractivity contribution in [2.24, 2.45) is 10.3 Å². The van der Waals surface area contributed by atoms with E-state index in [9.17, 15) is 26.4 Å². The van der Waals surface area contributed by atoms with Crippen molar-refractivity contribution in [3.8, 4) is 0 Å². The zero-order valence-corrected chi connectivity index (χ0v) is 18.2. The average Bonchev–Trinajstić information content (AvgIpc) is 2.52. The van der Waals surface area contributed by atoms with Crippen LogP contribution in [0, 0.1) is 0 Å². The molecule has 12 heteroatoms. The molecule has 2 amide bonds. The van der Waals surface area contributed by atoms with Gasteiger partial charge in [-0.25, -0.2) is 27.1 Å². The standard InChI is InChI=1S/2C8H16N2O3S/c2*1-7-3-2-4-8(11)10(7)5-6-14(9,12)13/h2*7H,2-6H2,1H3,(H2,9,12,13)/t2*7-/m10/s1. The lowest BCUT2D eigenvalue weighted by Crippen LogP contribution is -2.44. The Hall–Kier alpha value is -1.24. The van der Waals surface area contributed by atoms with E-state index in [-0.39, 0.29) is 48.5 Å². The van der Waals surface area contributed by atoms with Crippen LogP contribution in [0.15, 0.2) is 0 Å². The van der Waals surface area contributed by atoms with E-state index in [1.165, 1.54) is 0 Å². The highest BCUT2D eigenvalue weighted by Crippen LogP contribution is 2.18. The molecule has 2 rings (SSSR count). The number of piperidine rings is 2. The molecule has 0 radical (unpaired) electrons. The summed E-state index contributed by atoms with van der Waals surface area (Å²) < 4.78 is 42.9. The fraction of sp³-hybridized carbons (Fsp3) is 0.875. The molecule has 0 bridgehead atoms. The molecule has 0 aromatic carbocycles. The monoisotopic (exact) mass is 440 g/mol. The third kappa shape index (κ3) is 9.30. The second-order valence-corrected chi connectivity index (χ2v) is 10.9. The summed E-state index contributed by atoms with van der Waals surface area (Å²) in [5.41, 5.74) is 0. The van der Waals surface area contributed by atoms with Gasteiger partial charge < -0.3 is 9.80 Å². The minimum absolute atomic E-state index is 0.0346. The largest absolute Gasteiger partial charge is 0.339 e. The van der Waals surface area contributed by atoms with Crippen LogP contribution in [-0.2, 0) is 29.6 Å². The highest BCUT2D eigenvalue weighted by Gasteiger charge is 2.26. The van der Waals surface area contributed by atoms with Gasteiger partial charge in [0.1, 0.15) is 0 Å². The average molecular weight is 441 g/mol. The molecule has 164 valence electrons. The zero-order chi connectivity index (χ0) is 21.5. The Kier molecular flexibility index (Phi) is 9.31. The fourth-order valence-electron chi connectivity index (χ4n) is 3.33. The van der Waals surface area contributed by atoms with Gasteiger partial charge in [-0.3, -0.25) is 9.59 Å². The summed E-state index contributed by atoms with van der Waals surface area (Å²) in [6.07, 6.45) is 4.72. The molecule has 2 heterocycles. The van der Waals surface area contributed by atoms with Gasteiger partial charge in [0.05, 0.1) is 11.5 Å². The number of carbonyl (C=O) groups excluding carboxylic acids is 2. The predicted molar refractivity (Wildman–Crippen MR) is 106 cm³/mol. The van der Waals surface area contributed by atoms with Gasteiger partial charge in [-0.15, -0.1) is 0 Å². The third-order valence-electron chi connectivity index (χ3n) is 4.96. The zero-order valence-electron chi connectivity index (χ0n) is 16.5. The van der Waals surface area contributed by atoms with Crippen molar-refractivity contribution in [3.05, 3.63) is 0 Å². The van der Waals surface area contributed by atoms with Gasteiger partial charge in [-0.05, 0) is 39.5 Å². The van der Waals surface area contributed by atoms with Crippen LogP contribution in [0.5, 0.6) is 0 Å². The number of rotatable bonds is 6. The molecule has 0 saturated carbocycles. The Labute approximate surface area is 167 Å². The second-order valence-electron chi connectivity index (χ2n) is 7.39. The number of sulfonamides is 2. The van der Waals surface area contributed by atoms with Crippen molar-refractivity contribution in [2.75, 3.05) is 24.6 Å². The molecule has 0 aromatic rings. The molecule has 0 unspecified atom stereocenters. The van der Waals surface area contributed by atoms with Crippen LogP contribution in [-0.4, -0.2) is 75.1 Å². The van der Waals surface area contributed by atoms with Gasteiger partial charge in [-0.2, -0.15) is 0 Å². The van der Waals surface area contributed by atoms with Crippen molar-refractivity contribution in [3.63, 3.8) is 0 Å². The van der Waals surface area contributed by atoms with Crippen LogP contribution in [0.25, 0.3) is 0 Å². The normalized spacial score (nSPS) is 24.0. The number of primary sulfonamides is 2.